The maximum Gasteiger partial charge on any atom is 0.416 e. The molecule has 0 heterocycles. The van der Waals surface area contributed by atoms with Gasteiger partial charge in [-0.3, -0.25) is 0 Å². The lowest BCUT2D eigenvalue weighted by atomic mass is 10.2. The Hall–Kier alpha value is -1.53. The number of rotatable bonds is 2. The molecule has 0 aliphatic rings. The van der Waals surface area contributed by atoms with Crippen molar-refractivity contribution in [2.75, 3.05) is 0 Å². The molecule has 0 radical (unpaired) electrons. The summed E-state index contributed by atoms with van der Waals surface area (Å²) >= 11 is 8.92. The fraction of sp³-hybridized carbons (Fsp3) is 0.0714. The summed E-state index contributed by atoms with van der Waals surface area (Å²) in [6.45, 7) is 0. The van der Waals surface area contributed by atoms with Crippen LogP contribution in [0, 0.1) is 0 Å². The topological polar surface area (TPSA) is 38.4 Å². The van der Waals surface area contributed by atoms with E-state index < -0.39 is 11.7 Å². The zero-order chi connectivity index (χ0) is 15.6. The molecule has 0 aliphatic carbocycles. The first-order valence-electron chi connectivity index (χ1n) is 5.74. The Morgan fingerprint density at radius 1 is 1.10 bits per heavy atom. The number of aliphatic imine (C=N–C) groups is 1. The summed E-state index contributed by atoms with van der Waals surface area (Å²) in [5.41, 5.74) is 5.71. The fourth-order valence-electron chi connectivity index (χ4n) is 1.59. The molecule has 0 amide bonds. The average Bonchev–Trinajstić information content (AvgIpc) is 2.40. The van der Waals surface area contributed by atoms with Crippen molar-refractivity contribution >= 4 is 39.1 Å². The van der Waals surface area contributed by atoms with Crippen molar-refractivity contribution < 1.29 is 13.2 Å². The van der Waals surface area contributed by atoms with Gasteiger partial charge in [-0.1, -0.05) is 11.6 Å². The van der Waals surface area contributed by atoms with Gasteiger partial charge in [-0.05, 0) is 58.4 Å². The third kappa shape index (κ3) is 3.98. The molecule has 0 atom stereocenters. The maximum absolute atomic E-state index is 12.7. The standard InChI is InChI=1S/C14H9BrClF3N2/c15-11-6-3-9(14(17,18)19)7-12(11)21-13(20)8-1-4-10(16)5-2-8/h1-7H,(H2,20,21). The van der Waals surface area contributed by atoms with Gasteiger partial charge in [0.05, 0.1) is 11.3 Å². The van der Waals surface area contributed by atoms with Gasteiger partial charge in [0.15, 0.2) is 0 Å². The van der Waals surface area contributed by atoms with Gasteiger partial charge in [-0.15, -0.1) is 0 Å². The second-order valence-electron chi connectivity index (χ2n) is 4.17. The van der Waals surface area contributed by atoms with Crippen LogP contribution in [-0.2, 0) is 6.18 Å². The van der Waals surface area contributed by atoms with Gasteiger partial charge in [0.2, 0.25) is 0 Å². The molecular weight excluding hydrogens is 369 g/mol. The Bertz CT molecular complexity index is 682. The van der Waals surface area contributed by atoms with E-state index in [1.165, 1.54) is 6.07 Å². The summed E-state index contributed by atoms with van der Waals surface area (Å²) in [7, 11) is 0. The van der Waals surface area contributed by atoms with Crippen molar-refractivity contribution in [2.24, 2.45) is 10.7 Å². The highest BCUT2D eigenvalue weighted by atomic mass is 79.9. The lowest BCUT2D eigenvalue weighted by molar-refractivity contribution is -0.137. The zero-order valence-corrected chi connectivity index (χ0v) is 12.8. The van der Waals surface area contributed by atoms with E-state index in [9.17, 15) is 13.2 Å². The number of hydrogen-bond donors (Lipinski definition) is 1. The summed E-state index contributed by atoms with van der Waals surface area (Å²) in [4.78, 5) is 4.04. The number of nitrogens with zero attached hydrogens (tertiary/aromatic N) is 1. The second kappa shape index (κ2) is 6.07. The molecule has 0 aromatic heterocycles. The number of amidine groups is 1. The monoisotopic (exact) mass is 376 g/mol. The molecule has 2 nitrogen and oxygen atoms in total. The van der Waals surface area contributed by atoms with Crippen LogP contribution in [-0.4, -0.2) is 5.84 Å². The van der Waals surface area contributed by atoms with Crippen LogP contribution in [0.15, 0.2) is 51.9 Å². The van der Waals surface area contributed by atoms with Crippen molar-refractivity contribution in [1.29, 1.82) is 0 Å². The van der Waals surface area contributed by atoms with Crippen LogP contribution < -0.4 is 5.73 Å². The highest BCUT2D eigenvalue weighted by Crippen LogP contribution is 2.35. The molecule has 0 saturated heterocycles. The Kier molecular flexibility index (Phi) is 4.58. The number of hydrogen-bond acceptors (Lipinski definition) is 1. The Labute approximate surface area is 132 Å². The van der Waals surface area contributed by atoms with Crippen molar-refractivity contribution in [2.45, 2.75) is 6.18 Å². The molecule has 7 heteroatoms. The summed E-state index contributed by atoms with van der Waals surface area (Å²) in [5.74, 6) is 0.103. The van der Waals surface area contributed by atoms with E-state index in [1.807, 2.05) is 0 Å². The van der Waals surface area contributed by atoms with E-state index >= 15 is 0 Å². The first-order valence-corrected chi connectivity index (χ1v) is 6.91. The summed E-state index contributed by atoms with van der Waals surface area (Å²) in [5, 5.41) is 0.534. The van der Waals surface area contributed by atoms with Gasteiger partial charge >= 0.3 is 6.18 Å². The zero-order valence-electron chi connectivity index (χ0n) is 10.5. The summed E-state index contributed by atoms with van der Waals surface area (Å²) in [6.07, 6.45) is -4.43. The molecule has 0 saturated carbocycles. The SMILES string of the molecule is NC(=Nc1cc(C(F)(F)F)ccc1Br)c1ccc(Cl)cc1. The van der Waals surface area contributed by atoms with Crippen molar-refractivity contribution in [3.63, 3.8) is 0 Å². The second-order valence-corrected chi connectivity index (χ2v) is 5.46. The first-order chi connectivity index (χ1) is 9.77. The van der Waals surface area contributed by atoms with Crippen LogP contribution in [0.4, 0.5) is 18.9 Å². The van der Waals surface area contributed by atoms with E-state index in [0.717, 1.165) is 12.1 Å². The number of alkyl halides is 3. The molecule has 0 aliphatic heterocycles. The van der Waals surface area contributed by atoms with E-state index in [4.69, 9.17) is 17.3 Å². The minimum atomic E-state index is -4.43. The van der Waals surface area contributed by atoms with Crippen molar-refractivity contribution in [3.05, 3.63) is 63.1 Å². The van der Waals surface area contributed by atoms with Gasteiger partial charge < -0.3 is 5.73 Å². The predicted octanol–water partition coefficient (Wildman–Crippen LogP) is 5.16. The highest BCUT2D eigenvalue weighted by molar-refractivity contribution is 9.10. The van der Waals surface area contributed by atoms with Gasteiger partial charge in [-0.25, -0.2) is 4.99 Å². The van der Waals surface area contributed by atoms with Gasteiger partial charge in [0.1, 0.15) is 5.84 Å². The molecule has 0 spiro atoms. The molecular formula is C14H9BrClF3N2. The predicted molar refractivity (Wildman–Crippen MR) is 81.0 cm³/mol. The van der Waals surface area contributed by atoms with E-state index in [2.05, 4.69) is 20.9 Å². The molecule has 21 heavy (non-hydrogen) atoms. The quantitative estimate of drug-likeness (QED) is 0.570. The van der Waals surface area contributed by atoms with E-state index in [-0.39, 0.29) is 11.5 Å². The lowest BCUT2D eigenvalue weighted by Crippen LogP contribution is -2.12. The third-order valence-electron chi connectivity index (χ3n) is 2.65. The molecule has 110 valence electrons. The molecule has 2 aromatic carbocycles. The van der Waals surface area contributed by atoms with Gasteiger partial charge in [-0.2, -0.15) is 13.2 Å². The molecule has 0 fully saturated rings. The Morgan fingerprint density at radius 3 is 2.29 bits per heavy atom. The van der Waals surface area contributed by atoms with Crippen LogP contribution in [0.2, 0.25) is 5.02 Å². The van der Waals surface area contributed by atoms with Gasteiger partial charge in [0.25, 0.3) is 0 Å². The van der Waals surface area contributed by atoms with Crippen molar-refractivity contribution in [3.8, 4) is 0 Å². The molecule has 0 unspecified atom stereocenters. The minimum absolute atomic E-state index is 0.103. The Balaban J connectivity index is 2.42. The van der Waals surface area contributed by atoms with E-state index in [1.54, 1.807) is 24.3 Å². The largest absolute Gasteiger partial charge is 0.416 e. The summed E-state index contributed by atoms with van der Waals surface area (Å²) in [6, 6.07) is 9.73. The molecule has 0 bridgehead atoms. The Morgan fingerprint density at radius 2 is 1.71 bits per heavy atom. The van der Waals surface area contributed by atoms with Crippen molar-refractivity contribution in [1.82, 2.24) is 0 Å². The first kappa shape index (κ1) is 15.9. The number of benzene rings is 2. The molecule has 2 N–H and O–H groups in total. The van der Waals surface area contributed by atoms with Crippen LogP contribution in [0.25, 0.3) is 0 Å². The smallest absolute Gasteiger partial charge is 0.383 e. The third-order valence-corrected chi connectivity index (χ3v) is 3.58. The van der Waals surface area contributed by atoms with Gasteiger partial charge in [0, 0.05) is 15.1 Å². The molecule has 2 aromatic rings. The fourth-order valence-corrected chi connectivity index (χ4v) is 2.05. The van der Waals surface area contributed by atoms with Crippen LogP contribution >= 0.6 is 27.5 Å². The maximum atomic E-state index is 12.7. The van der Waals surface area contributed by atoms with Crippen LogP contribution in [0.5, 0.6) is 0 Å². The summed E-state index contributed by atoms with van der Waals surface area (Å²) < 4.78 is 38.5. The van der Waals surface area contributed by atoms with E-state index in [0.29, 0.717) is 15.1 Å². The number of halogens is 5. The number of nitrogens with two attached hydrogens (primary N) is 1. The average molecular weight is 378 g/mol. The highest BCUT2D eigenvalue weighted by Gasteiger charge is 2.30. The lowest BCUT2D eigenvalue weighted by Gasteiger charge is -2.09. The minimum Gasteiger partial charge on any atom is -0.383 e. The van der Waals surface area contributed by atoms with Crippen LogP contribution in [0.1, 0.15) is 11.1 Å². The molecule has 2 rings (SSSR count). The van der Waals surface area contributed by atoms with Crippen LogP contribution in [0.3, 0.4) is 0 Å². The normalized spacial score (nSPS) is 12.5.